The zero-order valence-electron chi connectivity index (χ0n) is 9.02. The number of hydrogen-bond donors (Lipinski definition) is 0. The standard InChI is InChI=1S/C7H15N2.F6P/c1-3-8-5-6-9(4-2)7-8;1-7(2,3,4,5)6/h7H,3-6H2,1-2H3;/q+1;-1. The molecule has 0 saturated carbocycles. The van der Waals surface area contributed by atoms with Crippen LogP contribution in [0.4, 0.5) is 25.2 Å². The van der Waals surface area contributed by atoms with Crippen molar-refractivity contribution in [3.8, 4) is 0 Å². The molecule has 2 nitrogen and oxygen atoms in total. The van der Waals surface area contributed by atoms with E-state index in [0.717, 1.165) is 13.1 Å². The summed E-state index contributed by atoms with van der Waals surface area (Å²) in [5, 5.41) is 0. The molecular weight excluding hydrogens is 257 g/mol. The van der Waals surface area contributed by atoms with Gasteiger partial charge in [0.25, 0.3) is 0 Å². The van der Waals surface area contributed by atoms with Gasteiger partial charge in [-0.15, -0.1) is 0 Å². The number of likely N-dealkylation sites (N-methyl/N-ethyl adjacent to an activating group) is 2. The topological polar surface area (TPSA) is 6.25 Å². The van der Waals surface area contributed by atoms with Crippen LogP contribution in [-0.4, -0.2) is 42.0 Å². The van der Waals surface area contributed by atoms with Crippen LogP contribution in [0.1, 0.15) is 13.8 Å². The molecule has 0 radical (unpaired) electrons. The number of hydrogen-bond acceptors (Lipinski definition) is 1. The molecule has 0 aliphatic carbocycles. The van der Waals surface area contributed by atoms with Crippen LogP contribution >= 0.6 is 7.81 Å². The second-order valence-corrected chi connectivity index (χ2v) is 5.25. The van der Waals surface area contributed by atoms with E-state index in [1.807, 2.05) is 0 Å². The van der Waals surface area contributed by atoms with E-state index in [4.69, 9.17) is 0 Å². The second kappa shape index (κ2) is 4.05. The van der Waals surface area contributed by atoms with Gasteiger partial charge in [0, 0.05) is 0 Å². The first kappa shape index (κ1) is 15.5. The Kier molecular flexibility index (Phi) is 3.92. The Balaban J connectivity index is 0.000000293. The third-order valence-electron chi connectivity index (χ3n) is 1.81. The van der Waals surface area contributed by atoms with E-state index < -0.39 is 7.81 Å². The SMILES string of the molecule is CCN1C=[N+](CC)CC1.F[P-](F)(F)(F)(F)F. The Hall–Kier alpha value is -0.520. The van der Waals surface area contributed by atoms with Crippen LogP contribution in [0.25, 0.3) is 0 Å². The molecule has 0 amide bonds. The summed E-state index contributed by atoms with van der Waals surface area (Å²) in [7, 11) is -10.7. The van der Waals surface area contributed by atoms with Crippen molar-refractivity contribution in [2.75, 3.05) is 26.2 Å². The Morgan fingerprint density at radius 2 is 1.56 bits per heavy atom. The molecule has 0 spiro atoms. The molecule has 0 N–H and O–H groups in total. The van der Waals surface area contributed by atoms with Crippen molar-refractivity contribution in [3.63, 3.8) is 0 Å². The average Bonchev–Trinajstić information content (AvgIpc) is 2.45. The molecule has 1 aliphatic heterocycles. The summed E-state index contributed by atoms with van der Waals surface area (Å²) >= 11 is 0. The van der Waals surface area contributed by atoms with Crippen LogP contribution < -0.4 is 0 Å². The summed E-state index contributed by atoms with van der Waals surface area (Å²) in [6.45, 7) is 9.10. The van der Waals surface area contributed by atoms with Crippen molar-refractivity contribution < 1.29 is 29.8 Å². The molecule has 1 heterocycles. The summed E-state index contributed by atoms with van der Waals surface area (Å²) in [5.74, 6) is 0. The number of nitrogens with zero attached hydrogens (tertiary/aromatic N) is 2. The quantitative estimate of drug-likeness (QED) is 0.421. The fourth-order valence-electron chi connectivity index (χ4n) is 1.08. The first-order chi connectivity index (χ1) is 6.81. The van der Waals surface area contributed by atoms with Crippen molar-refractivity contribution >= 4 is 14.1 Å². The third kappa shape index (κ3) is 13.5. The number of halogens is 6. The van der Waals surface area contributed by atoms with Gasteiger partial charge >= 0.3 is 33.0 Å². The molecule has 0 fully saturated rings. The minimum absolute atomic E-state index is 1.15. The van der Waals surface area contributed by atoms with Crippen molar-refractivity contribution in [3.05, 3.63) is 0 Å². The van der Waals surface area contributed by atoms with Crippen molar-refractivity contribution in [2.24, 2.45) is 0 Å². The first-order valence-electron chi connectivity index (χ1n) is 4.71. The molecule has 0 atom stereocenters. The summed E-state index contributed by atoms with van der Waals surface area (Å²) < 4.78 is 61.5. The van der Waals surface area contributed by atoms with E-state index in [1.54, 1.807) is 0 Å². The van der Waals surface area contributed by atoms with Gasteiger partial charge < -0.3 is 0 Å². The van der Waals surface area contributed by atoms with Gasteiger partial charge in [-0.25, -0.2) is 0 Å². The van der Waals surface area contributed by atoms with Crippen LogP contribution in [0.2, 0.25) is 0 Å². The zero-order valence-corrected chi connectivity index (χ0v) is 9.91. The Bertz CT molecular complexity index is 257. The van der Waals surface area contributed by atoms with Gasteiger partial charge in [-0.2, -0.15) is 0 Å². The van der Waals surface area contributed by atoms with Crippen LogP contribution in [0, 0.1) is 0 Å². The van der Waals surface area contributed by atoms with Crippen LogP contribution in [0.15, 0.2) is 0 Å². The maximum absolute atomic E-state index is 10.7. The van der Waals surface area contributed by atoms with Gasteiger partial charge in [-0.3, -0.25) is 9.48 Å². The van der Waals surface area contributed by atoms with E-state index in [1.165, 1.54) is 13.1 Å². The van der Waals surface area contributed by atoms with E-state index in [0.29, 0.717) is 0 Å². The Morgan fingerprint density at radius 3 is 1.75 bits per heavy atom. The molecule has 0 aromatic heterocycles. The normalized spacial score (nSPS) is 20.5. The fraction of sp³-hybridized carbons (Fsp3) is 0.857. The van der Waals surface area contributed by atoms with E-state index in [2.05, 4.69) is 29.7 Å². The zero-order chi connectivity index (χ0) is 13.1. The molecule has 0 aromatic carbocycles. The predicted octanol–water partition coefficient (Wildman–Crippen LogP) is 3.77. The Labute approximate surface area is 89.8 Å². The molecule has 9 heteroatoms. The first-order valence-corrected chi connectivity index (χ1v) is 6.74. The second-order valence-electron chi connectivity index (χ2n) is 3.33. The molecular formula is C7H15F6N2P. The molecule has 1 aliphatic rings. The maximum atomic E-state index is 9.87. The van der Waals surface area contributed by atoms with Crippen LogP contribution in [0.3, 0.4) is 0 Å². The van der Waals surface area contributed by atoms with Crippen LogP contribution in [-0.2, 0) is 0 Å². The predicted molar refractivity (Wildman–Crippen MR) is 52.5 cm³/mol. The summed E-state index contributed by atoms with van der Waals surface area (Å²) in [4.78, 5) is 2.34. The van der Waals surface area contributed by atoms with E-state index in [9.17, 15) is 25.2 Å². The molecule has 0 saturated heterocycles. The molecule has 1 rings (SSSR count). The van der Waals surface area contributed by atoms with Crippen molar-refractivity contribution in [2.45, 2.75) is 13.8 Å². The van der Waals surface area contributed by atoms with Crippen molar-refractivity contribution in [1.29, 1.82) is 0 Å². The van der Waals surface area contributed by atoms with Gasteiger partial charge in [0.15, 0.2) is 0 Å². The average molecular weight is 272 g/mol. The van der Waals surface area contributed by atoms with Crippen LogP contribution in [0.5, 0.6) is 0 Å². The monoisotopic (exact) mass is 272 g/mol. The number of rotatable bonds is 2. The summed E-state index contributed by atoms with van der Waals surface area (Å²) in [5.41, 5.74) is 0. The van der Waals surface area contributed by atoms with Gasteiger partial charge in [-0.05, 0) is 13.8 Å². The third-order valence-corrected chi connectivity index (χ3v) is 1.81. The molecule has 16 heavy (non-hydrogen) atoms. The van der Waals surface area contributed by atoms with E-state index in [-0.39, 0.29) is 0 Å². The van der Waals surface area contributed by atoms with E-state index >= 15 is 0 Å². The molecule has 100 valence electrons. The van der Waals surface area contributed by atoms with Crippen molar-refractivity contribution in [1.82, 2.24) is 4.90 Å². The van der Waals surface area contributed by atoms with Gasteiger partial charge in [-0.1, -0.05) is 0 Å². The molecule has 0 bridgehead atoms. The Morgan fingerprint density at radius 1 is 1.12 bits per heavy atom. The van der Waals surface area contributed by atoms with Gasteiger partial charge in [0.2, 0.25) is 6.34 Å². The molecule has 0 unspecified atom stereocenters. The molecule has 0 aromatic rings. The van der Waals surface area contributed by atoms with Gasteiger partial charge in [0.05, 0.1) is 13.1 Å². The summed E-state index contributed by atoms with van der Waals surface area (Å²) in [6.07, 6.45) is 2.22. The summed E-state index contributed by atoms with van der Waals surface area (Å²) in [6, 6.07) is 0. The minimum atomic E-state index is -10.7. The fourth-order valence-corrected chi connectivity index (χ4v) is 1.08. The van der Waals surface area contributed by atoms with Gasteiger partial charge in [0.1, 0.15) is 13.1 Å².